The van der Waals surface area contributed by atoms with Crippen LogP contribution in [-0.4, -0.2) is 22.0 Å². The minimum absolute atomic E-state index is 0.0401. The lowest BCUT2D eigenvalue weighted by atomic mass is 10.1. The van der Waals surface area contributed by atoms with Crippen molar-refractivity contribution in [2.24, 2.45) is 5.10 Å². The third-order valence-electron chi connectivity index (χ3n) is 4.46. The molecule has 3 rings (SSSR count). The summed E-state index contributed by atoms with van der Waals surface area (Å²) in [6, 6.07) is 17.4. The molecule has 0 heterocycles. The highest BCUT2D eigenvalue weighted by Crippen LogP contribution is 2.25. The first-order valence-corrected chi connectivity index (χ1v) is 9.91. The average molecular weight is 469 g/mol. The van der Waals surface area contributed by atoms with Crippen LogP contribution >= 0.6 is 11.6 Å². The van der Waals surface area contributed by atoms with Gasteiger partial charge in [0.1, 0.15) is 12.4 Å². The van der Waals surface area contributed by atoms with Gasteiger partial charge < -0.3 is 4.74 Å². The molecule has 0 atom stereocenters. The molecule has 1 amide bonds. The zero-order valence-corrected chi connectivity index (χ0v) is 17.8. The number of carbonyl (C=O) groups is 1. The summed E-state index contributed by atoms with van der Waals surface area (Å²) in [5.41, 5.74) is 2.93. The lowest BCUT2D eigenvalue weighted by Crippen LogP contribution is -2.20. The van der Waals surface area contributed by atoms with Crippen LogP contribution < -0.4 is 10.2 Å². The first kappa shape index (κ1) is 23.4. The number of nitrogens with zero attached hydrogens (tertiary/aromatic N) is 3. The molecular weight excluding hydrogens is 452 g/mol. The van der Waals surface area contributed by atoms with Crippen molar-refractivity contribution in [1.29, 1.82) is 0 Å². The summed E-state index contributed by atoms with van der Waals surface area (Å²) in [7, 11) is 0. The molecule has 0 aliphatic rings. The normalized spacial score (nSPS) is 10.7. The highest BCUT2D eigenvalue weighted by atomic mass is 35.5. The first-order chi connectivity index (χ1) is 15.8. The van der Waals surface area contributed by atoms with Crippen LogP contribution in [0, 0.1) is 20.2 Å². The van der Waals surface area contributed by atoms with Crippen molar-refractivity contribution >= 4 is 35.1 Å². The Bertz CT molecular complexity index is 1210. The minimum atomic E-state index is -0.770. The number of nitro benzene ring substituents is 2. The molecule has 0 bridgehead atoms. The molecule has 11 heteroatoms. The number of halogens is 1. The van der Waals surface area contributed by atoms with Gasteiger partial charge in [-0.25, -0.2) is 5.43 Å². The first-order valence-electron chi connectivity index (χ1n) is 9.53. The van der Waals surface area contributed by atoms with Crippen LogP contribution in [0.15, 0.2) is 71.8 Å². The van der Waals surface area contributed by atoms with E-state index in [0.29, 0.717) is 22.9 Å². The van der Waals surface area contributed by atoms with Crippen molar-refractivity contribution in [1.82, 2.24) is 5.43 Å². The largest absolute Gasteiger partial charge is 0.489 e. The molecule has 0 radical (unpaired) electrons. The van der Waals surface area contributed by atoms with Gasteiger partial charge in [0.25, 0.3) is 11.4 Å². The van der Waals surface area contributed by atoms with E-state index in [-0.39, 0.29) is 12.0 Å². The quantitative estimate of drug-likeness (QED) is 0.280. The van der Waals surface area contributed by atoms with Crippen LogP contribution in [0.2, 0.25) is 5.02 Å². The van der Waals surface area contributed by atoms with Gasteiger partial charge in [0, 0.05) is 22.2 Å². The number of carbonyl (C=O) groups excluding carboxylic acids is 1. The molecule has 0 aromatic heterocycles. The third-order valence-corrected chi connectivity index (χ3v) is 4.83. The summed E-state index contributed by atoms with van der Waals surface area (Å²) in [6.45, 7) is 0.317. The molecule has 168 valence electrons. The van der Waals surface area contributed by atoms with E-state index in [2.05, 4.69) is 10.5 Å². The van der Waals surface area contributed by atoms with Gasteiger partial charge in [-0.3, -0.25) is 25.0 Å². The average Bonchev–Trinajstić information content (AvgIpc) is 2.79. The third kappa shape index (κ3) is 6.58. The number of nitrogens with one attached hydrogen (secondary N) is 1. The second-order valence-electron chi connectivity index (χ2n) is 6.75. The summed E-state index contributed by atoms with van der Waals surface area (Å²) in [4.78, 5) is 32.5. The van der Waals surface area contributed by atoms with Gasteiger partial charge in [-0.1, -0.05) is 29.8 Å². The van der Waals surface area contributed by atoms with Crippen LogP contribution in [-0.2, 0) is 17.8 Å². The lowest BCUT2D eigenvalue weighted by molar-refractivity contribution is -0.394. The number of non-ortho nitro benzene ring substituents is 1. The van der Waals surface area contributed by atoms with E-state index in [4.69, 9.17) is 16.3 Å². The number of benzene rings is 3. The number of rotatable bonds is 9. The van der Waals surface area contributed by atoms with E-state index in [1.165, 1.54) is 12.3 Å². The molecule has 0 unspecified atom stereocenters. The van der Waals surface area contributed by atoms with Crippen molar-refractivity contribution < 1.29 is 19.4 Å². The molecule has 10 nitrogen and oxygen atoms in total. The molecular formula is C22H17ClN4O6. The summed E-state index contributed by atoms with van der Waals surface area (Å²) >= 11 is 6.10. The van der Waals surface area contributed by atoms with Crippen molar-refractivity contribution in [3.8, 4) is 5.75 Å². The smallest absolute Gasteiger partial charge is 0.279 e. The standard InChI is InChI=1S/C22H17ClN4O6/c23-20-4-2-1-3-17(20)14-33-19-9-5-15(6-10-19)13-24-25-22(28)11-16-7-8-18(26(29)30)12-21(16)27(31)32/h1-10,12-13H,11,14H2,(H,25,28)/b24-13-. The summed E-state index contributed by atoms with van der Waals surface area (Å²) in [5.74, 6) is 0.0180. The van der Waals surface area contributed by atoms with Crippen LogP contribution in [0.1, 0.15) is 16.7 Å². The second kappa shape index (κ2) is 10.8. The maximum Gasteiger partial charge on any atom is 0.279 e. The molecule has 1 N–H and O–H groups in total. The van der Waals surface area contributed by atoms with Gasteiger partial charge in [0.05, 0.1) is 28.5 Å². The van der Waals surface area contributed by atoms with E-state index >= 15 is 0 Å². The van der Waals surface area contributed by atoms with Crippen molar-refractivity contribution in [3.05, 3.63) is 109 Å². The Balaban J connectivity index is 1.54. The summed E-state index contributed by atoms with van der Waals surface area (Å²) < 4.78 is 5.69. The molecule has 0 fully saturated rings. The fourth-order valence-electron chi connectivity index (χ4n) is 2.80. The number of ether oxygens (including phenoxy) is 1. The second-order valence-corrected chi connectivity index (χ2v) is 7.15. The van der Waals surface area contributed by atoms with E-state index in [0.717, 1.165) is 17.7 Å². The van der Waals surface area contributed by atoms with E-state index in [9.17, 15) is 25.0 Å². The van der Waals surface area contributed by atoms with Gasteiger partial charge in [-0.2, -0.15) is 5.10 Å². The Morgan fingerprint density at radius 3 is 2.39 bits per heavy atom. The number of hydrogen-bond donors (Lipinski definition) is 1. The Morgan fingerprint density at radius 2 is 1.73 bits per heavy atom. The highest BCUT2D eigenvalue weighted by molar-refractivity contribution is 6.31. The monoisotopic (exact) mass is 468 g/mol. The van der Waals surface area contributed by atoms with Crippen LogP contribution in [0.25, 0.3) is 0 Å². The van der Waals surface area contributed by atoms with Gasteiger partial charge in [0.2, 0.25) is 5.91 Å². The highest BCUT2D eigenvalue weighted by Gasteiger charge is 2.20. The maximum absolute atomic E-state index is 12.1. The topological polar surface area (TPSA) is 137 Å². The van der Waals surface area contributed by atoms with Gasteiger partial charge in [0.15, 0.2) is 0 Å². The maximum atomic E-state index is 12.1. The summed E-state index contributed by atoms with van der Waals surface area (Å²) in [5, 5.41) is 26.4. The Kier molecular flexibility index (Phi) is 7.66. The van der Waals surface area contributed by atoms with Crippen LogP contribution in [0.3, 0.4) is 0 Å². The number of amides is 1. The predicted molar refractivity (Wildman–Crippen MR) is 121 cm³/mol. The predicted octanol–water partition coefficient (Wildman–Crippen LogP) is 4.43. The molecule has 0 saturated carbocycles. The van der Waals surface area contributed by atoms with E-state index in [1.807, 2.05) is 18.2 Å². The molecule has 0 aliphatic heterocycles. The molecule has 0 spiro atoms. The zero-order chi connectivity index (χ0) is 23.8. The fraction of sp³-hybridized carbons (Fsp3) is 0.0909. The Labute approximate surface area is 192 Å². The number of hydrogen-bond acceptors (Lipinski definition) is 7. The molecule has 3 aromatic rings. The van der Waals surface area contributed by atoms with Crippen molar-refractivity contribution in [3.63, 3.8) is 0 Å². The SMILES string of the molecule is O=C(Cc1ccc([N+](=O)[O-])cc1[N+](=O)[O-])N/N=C\c1ccc(OCc2ccccc2Cl)cc1. The van der Waals surface area contributed by atoms with Crippen LogP contribution in [0.5, 0.6) is 5.75 Å². The molecule has 3 aromatic carbocycles. The van der Waals surface area contributed by atoms with Crippen LogP contribution in [0.4, 0.5) is 11.4 Å². The van der Waals surface area contributed by atoms with Gasteiger partial charge in [-0.05, 0) is 42.0 Å². The van der Waals surface area contributed by atoms with E-state index < -0.39 is 27.1 Å². The number of hydrazone groups is 1. The van der Waals surface area contributed by atoms with Gasteiger partial charge in [-0.15, -0.1) is 0 Å². The lowest BCUT2D eigenvalue weighted by Gasteiger charge is -2.07. The minimum Gasteiger partial charge on any atom is -0.489 e. The molecule has 33 heavy (non-hydrogen) atoms. The molecule has 0 saturated heterocycles. The van der Waals surface area contributed by atoms with Crippen molar-refractivity contribution in [2.45, 2.75) is 13.0 Å². The van der Waals surface area contributed by atoms with Gasteiger partial charge >= 0.3 is 0 Å². The fourth-order valence-corrected chi connectivity index (χ4v) is 2.99. The summed E-state index contributed by atoms with van der Waals surface area (Å²) in [6.07, 6.45) is 1.04. The van der Waals surface area contributed by atoms with E-state index in [1.54, 1.807) is 30.3 Å². The van der Waals surface area contributed by atoms with Crippen molar-refractivity contribution in [2.75, 3.05) is 0 Å². The Hall–Kier alpha value is -4.31. The zero-order valence-electron chi connectivity index (χ0n) is 17.0. The molecule has 0 aliphatic carbocycles. The number of nitro groups is 2. The Morgan fingerprint density at radius 1 is 1.00 bits per heavy atom.